The predicted octanol–water partition coefficient (Wildman–Crippen LogP) is 4.61. The number of Topliss-reactive ketones (excluding diaryl/α,β-unsaturated/α-hetero) is 1. The van der Waals surface area contributed by atoms with Crippen LogP contribution in [-0.2, 0) is 16.1 Å². The standard InChI is InChI=1S/C25H32ClNO3/c1-24-12-11-22(30)27(14-15-3-5-16(26)6-4-15)20(24)9-7-17-18-8-10-21(29)25(18,2)13-19(28)23(17)24/h3-6,17-18,20-21,23,29H,7-14H2,1-2H3/t17?,18-,20?,21?,23+,24?,25-/m0/s1. The van der Waals surface area contributed by atoms with Crippen molar-refractivity contribution in [3.63, 3.8) is 0 Å². The molecule has 4 nitrogen and oxygen atoms in total. The Morgan fingerprint density at radius 3 is 2.53 bits per heavy atom. The molecule has 1 amide bonds. The van der Waals surface area contributed by atoms with Crippen molar-refractivity contribution in [3.05, 3.63) is 34.9 Å². The molecular weight excluding hydrogens is 398 g/mol. The van der Waals surface area contributed by atoms with Gasteiger partial charge < -0.3 is 10.0 Å². The minimum Gasteiger partial charge on any atom is -0.393 e. The summed E-state index contributed by atoms with van der Waals surface area (Å²) in [6, 6.07) is 7.83. The van der Waals surface area contributed by atoms with E-state index in [0.717, 1.165) is 37.7 Å². The van der Waals surface area contributed by atoms with Gasteiger partial charge in [0.05, 0.1) is 6.10 Å². The van der Waals surface area contributed by atoms with Crippen LogP contribution >= 0.6 is 11.6 Å². The molecule has 30 heavy (non-hydrogen) atoms. The van der Waals surface area contributed by atoms with Crippen LogP contribution in [0.15, 0.2) is 24.3 Å². The first-order chi connectivity index (χ1) is 14.2. The van der Waals surface area contributed by atoms with Crippen LogP contribution in [0.2, 0.25) is 5.02 Å². The SMILES string of the molecule is CC12CCC(=O)N(Cc3ccc(Cl)cc3)C1CCC1[C@@H]2C(=O)C[C@]2(C)C(O)CC[C@@H]12. The summed E-state index contributed by atoms with van der Waals surface area (Å²) in [5.41, 5.74) is 0.657. The first-order valence-electron chi connectivity index (χ1n) is 11.5. The fourth-order valence-electron chi connectivity index (χ4n) is 7.78. The molecule has 1 heterocycles. The summed E-state index contributed by atoms with van der Waals surface area (Å²) in [6.07, 6.45) is 5.23. The smallest absolute Gasteiger partial charge is 0.223 e. The van der Waals surface area contributed by atoms with Crippen LogP contribution in [0, 0.1) is 28.6 Å². The van der Waals surface area contributed by atoms with E-state index in [0.29, 0.717) is 42.0 Å². The van der Waals surface area contributed by atoms with Crippen LogP contribution in [0.1, 0.15) is 64.4 Å². The van der Waals surface area contributed by atoms with Crippen molar-refractivity contribution in [2.75, 3.05) is 0 Å². The molecule has 1 aromatic carbocycles. The lowest BCUT2D eigenvalue weighted by Crippen LogP contribution is -2.64. The van der Waals surface area contributed by atoms with Gasteiger partial charge >= 0.3 is 0 Å². The van der Waals surface area contributed by atoms with Gasteiger partial charge in [-0.2, -0.15) is 0 Å². The first kappa shape index (κ1) is 20.5. The molecule has 7 atom stereocenters. The maximum absolute atomic E-state index is 13.5. The molecule has 0 bridgehead atoms. The van der Waals surface area contributed by atoms with E-state index in [2.05, 4.69) is 13.8 Å². The number of hydrogen-bond acceptors (Lipinski definition) is 3. The van der Waals surface area contributed by atoms with Gasteiger partial charge in [0.2, 0.25) is 5.91 Å². The Kier molecular flexibility index (Phi) is 4.83. The molecule has 0 radical (unpaired) electrons. The number of piperidine rings is 1. The van der Waals surface area contributed by atoms with Gasteiger partial charge in [-0.15, -0.1) is 0 Å². The zero-order valence-electron chi connectivity index (χ0n) is 17.9. The normalized spacial score (nSPS) is 43.2. The molecule has 1 saturated heterocycles. The number of likely N-dealkylation sites (tertiary alicyclic amines) is 1. The molecule has 1 N–H and O–H groups in total. The zero-order valence-corrected chi connectivity index (χ0v) is 18.7. The van der Waals surface area contributed by atoms with Crippen LogP contribution in [0.3, 0.4) is 0 Å². The van der Waals surface area contributed by atoms with Crippen molar-refractivity contribution in [2.45, 2.75) is 77.5 Å². The zero-order chi connectivity index (χ0) is 21.3. The maximum atomic E-state index is 13.5. The number of benzene rings is 1. The van der Waals surface area contributed by atoms with Gasteiger partial charge in [-0.3, -0.25) is 9.59 Å². The minimum absolute atomic E-state index is 0.0143. The Morgan fingerprint density at radius 1 is 1.07 bits per heavy atom. The fraction of sp³-hybridized carbons (Fsp3) is 0.680. The van der Waals surface area contributed by atoms with Gasteiger partial charge in [0.1, 0.15) is 5.78 Å². The molecule has 0 spiro atoms. The number of halogens is 1. The van der Waals surface area contributed by atoms with Crippen LogP contribution in [0.25, 0.3) is 0 Å². The van der Waals surface area contributed by atoms with Crippen molar-refractivity contribution in [1.29, 1.82) is 0 Å². The summed E-state index contributed by atoms with van der Waals surface area (Å²) in [7, 11) is 0. The van der Waals surface area contributed by atoms with Crippen LogP contribution < -0.4 is 0 Å². The highest BCUT2D eigenvalue weighted by Crippen LogP contribution is 2.63. The molecule has 162 valence electrons. The maximum Gasteiger partial charge on any atom is 0.223 e. The number of aliphatic hydroxyl groups excluding tert-OH is 1. The van der Waals surface area contributed by atoms with E-state index in [-0.39, 0.29) is 34.8 Å². The number of amides is 1. The summed E-state index contributed by atoms with van der Waals surface area (Å²) in [5, 5.41) is 11.3. The van der Waals surface area contributed by atoms with Crippen LogP contribution in [0.5, 0.6) is 0 Å². The van der Waals surface area contributed by atoms with Gasteiger partial charge in [0, 0.05) is 41.8 Å². The lowest BCUT2D eigenvalue weighted by molar-refractivity contribution is -0.173. The quantitative estimate of drug-likeness (QED) is 0.746. The third kappa shape index (κ3) is 2.90. The van der Waals surface area contributed by atoms with Crippen LogP contribution in [0.4, 0.5) is 0 Å². The lowest BCUT2D eigenvalue weighted by Gasteiger charge is -2.61. The predicted molar refractivity (Wildman–Crippen MR) is 116 cm³/mol. The van der Waals surface area contributed by atoms with Crippen molar-refractivity contribution in [3.8, 4) is 0 Å². The first-order valence-corrected chi connectivity index (χ1v) is 11.9. The number of aliphatic hydroxyl groups is 1. The molecular formula is C25H32ClNO3. The summed E-state index contributed by atoms with van der Waals surface area (Å²) >= 11 is 6.04. The molecule has 4 unspecified atom stereocenters. The largest absolute Gasteiger partial charge is 0.393 e. The third-order valence-corrected chi connectivity index (χ3v) is 9.54. The number of nitrogens with zero attached hydrogens (tertiary/aromatic N) is 1. The Labute approximate surface area is 184 Å². The monoisotopic (exact) mass is 429 g/mol. The minimum atomic E-state index is -0.354. The van der Waals surface area contributed by atoms with E-state index in [1.165, 1.54) is 0 Å². The third-order valence-electron chi connectivity index (χ3n) is 9.29. The number of carbonyl (C=O) groups is 2. The number of rotatable bonds is 2. The molecule has 1 aliphatic heterocycles. The Balaban J connectivity index is 1.46. The van der Waals surface area contributed by atoms with Gasteiger partial charge in [0.15, 0.2) is 0 Å². The van der Waals surface area contributed by atoms with E-state index >= 15 is 0 Å². The Bertz CT molecular complexity index is 870. The Morgan fingerprint density at radius 2 is 1.80 bits per heavy atom. The summed E-state index contributed by atoms with van der Waals surface area (Å²) in [6.45, 7) is 4.98. The van der Waals surface area contributed by atoms with Gasteiger partial charge in [0.25, 0.3) is 0 Å². The van der Waals surface area contributed by atoms with Crippen molar-refractivity contribution in [1.82, 2.24) is 4.90 Å². The molecule has 4 fully saturated rings. The second-order valence-corrected chi connectivity index (χ2v) is 11.2. The van der Waals surface area contributed by atoms with E-state index in [1.54, 1.807) is 0 Å². The summed E-state index contributed by atoms with van der Waals surface area (Å²) in [5.74, 6) is 1.32. The van der Waals surface area contributed by atoms with Crippen molar-refractivity contribution in [2.24, 2.45) is 28.6 Å². The topological polar surface area (TPSA) is 57.6 Å². The fourth-order valence-corrected chi connectivity index (χ4v) is 7.90. The highest BCUT2D eigenvalue weighted by molar-refractivity contribution is 6.30. The molecule has 0 aromatic heterocycles. The van der Waals surface area contributed by atoms with Gasteiger partial charge in [-0.25, -0.2) is 0 Å². The second kappa shape index (κ2) is 7.06. The van der Waals surface area contributed by atoms with E-state index < -0.39 is 0 Å². The van der Waals surface area contributed by atoms with Gasteiger partial charge in [-0.1, -0.05) is 37.6 Å². The lowest BCUT2D eigenvalue weighted by atomic mass is 9.47. The average Bonchev–Trinajstić information content (AvgIpc) is 3.00. The number of hydrogen-bond donors (Lipinski definition) is 1. The molecule has 4 aliphatic rings. The molecule has 3 saturated carbocycles. The number of ketones is 1. The van der Waals surface area contributed by atoms with Crippen LogP contribution in [-0.4, -0.2) is 33.8 Å². The number of carbonyl (C=O) groups excluding carboxylic acids is 2. The second-order valence-electron chi connectivity index (χ2n) is 10.7. The Hall–Kier alpha value is -1.39. The summed E-state index contributed by atoms with van der Waals surface area (Å²) in [4.78, 5) is 28.5. The van der Waals surface area contributed by atoms with Crippen molar-refractivity contribution >= 4 is 23.3 Å². The van der Waals surface area contributed by atoms with Gasteiger partial charge in [-0.05, 0) is 67.1 Å². The van der Waals surface area contributed by atoms with E-state index in [1.807, 2.05) is 29.2 Å². The molecule has 1 aromatic rings. The number of fused-ring (bicyclic) bond motifs is 5. The molecule has 5 rings (SSSR count). The van der Waals surface area contributed by atoms with Crippen molar-refractivity contribution < 1.29 is 14.7 Å². The average molecular weight is 430 g/mol. The highest BCUT2D eigenvalue weighted by atomic mass is 35.5. The van der Waals surface area contributed by atoms with E-state index in [9.17, 15) is 14.7 Å². The van der Waals surface area contributed by atoms with E-state index in [4.69, 9.17) is 11.6 Å². The summed E-state index contributed by atoms with van der Waals surface area (Å²) < 4.78 is 0. The molecule has 5 heteroatoms. The molecule has 3 aliphatic carbocycles. The highest BCUT2D eigenvalue weighted by Gasteiger charge is 2.64.